The number of carbonyl (C=O) groups excluding carboxylic acids is 2. The lowest BCUT2D eigenvalue weighted by molar-refractivity contribution is -0.148. The van der Waals surface area contributed by atoms with Crippen LogP contribution in [0.1, 0.15) is 6.42 Å². The van der Waals surface area contributed by atoms with Gasteiger partial charge in [-0.15, -0.1) is 0 Å². The first-order chi connectivity index (χ1) is 8.65. The average molecular weight is 299 g/mol. The van der Waals surface area contributed by atoms with Gasteiger partial charge in [-0.25, -0.2) is 9.59 Å². The molecule has 11 heteroatoms. The van der Waals surface area contributed by atoms with Gasteiger partial charge in [0.05, 0.1) is 19.3 Å². The number of nitrogens with one attached hydrogen (secondary N) is 1. The van der Waals surface area contributed by atoms with E-state index in [2.05, 4.69) is 9.47 Å². The molecule has 10 nitrogen and oxygen atoms in total. The Morgan fingerprint density at radius 3 is 2.32 bits per heavy atom. The van der Waals surface area contributed by atoms with Crippen molar-refractivity contribution in [1.29, 1.82) is 0 Å². The van der Waals surface area contributed by atoms with Gasteiger partial charge in [-0.2, -0.15) is 8.42 Å². The second kappa shape index (κ2) is 7.53. The van der Waals surface area contributed by atoms with E-state index in [0.29, 0.717) is 0 Å². The molecular formula is C8H13NO9S. The number of carboxylic acids is 1. The van der Waals surface area contributed by atoms with Crippen LogP contribution in [0.5, 0.6) is 0 Å². The Kier molecular flexibility index (Phi) is 6.79. The van der Waals surface area contributed by atoms with E-state index < -0.39 is 53.0 Å². The van der Waals surface area contributed by atoms with E-state index in [0.717, 1.165) is 7.11 Å². The number of alkyl carbamates (subject to hydrolysis) is 1. The van der Waals surface area contributed by atoms with Crippen LogP contribution in [0.15, 0.2) is 0 Å². The quantitative estimate of drug-likeness (QED) is 0.380. The molecule has 0 aromatic heterocycles. The molecule has 0 unspecified atom stereocenters. The van der Waals surface area contributed by atoms with Crippen LogP contribution in [-0.2, 0) is 29.2 Å². The largest absolute Gasteiger partial charge is 0.480 e. The highest BCUT2D eigenvalue weighted by Gasteiger charge is 2.22. The maximum Gasteiger partial charge on any atom is 0.407 e. The summed E-state index contributed by atoms with van der Waals surface area (Å²) in [4.78, 5) is 32.5. The van der Waals surface area contributed by atoms with Gasteiger partial charge in [0, 0.05) is 0 Å². The fourth-order valence-electron chi connectivity index (χ4n) is 0.837. The van der Waals surface area contributed by atoms with Gasteiger partial charge in [0.1, 0.15) is 6.61 Å². The van der Waals surface area contributed by atoms with Gasteiger partial charge in [0.2, 0.25) is 0 Å². The number of hydrogen-bond donors (Lipinski definition) is 3. The first-order valence-electron chi connectivity index (χ1n) is 4.83. The number of ether oxygens (including phenoxy) is 2. The van der Waals surface area contributed by atoms with Gasteiger partial charge in [-0.1, -0.05) is 0 Å². The van der Waals surface area contributed by atoms with E-state index >= 15 is 0 Å². The Morgan fingerprint density at radius 2 is 1.89 bits per heavy atom. The molecule has 0 rings (SSSR count). The molecule has 0 fully saturated rings. The number of esters is 1. The Bertz CT molecular complexity index is 443. The lowest BCUT2D eigenvalue weighted by atomic mass is 10.3. The predicted molar refractivity (Wildman–Crippen MR) is 59.0 cm³/mol. The number of methoxy groups -OCH3 is 1. The van der Waals surface area contributed by atoms with E-state index in [1.54, 1.807) is 0 Å². The minimum atomic E-state index is -4.30. The monoisotopic (exact) mass is 299 g/mol. The number of hydrogen-bond acceptors (Lipinski definition) is 7. The minimum absolute atomic E-state index is 0.636. The number of rotatable bonds is 7. The zero-order valence-corrected chi connectivity index (χ0v) is 10.7. The molecule has 0 heterocycles. The van der Waals surface area contributed by atoms with E-state index in [4.69, 9.17) is 9.66 Å². The van der Waals surface area contributed by atoms with Crippen molar-refractivity contribution in [2.75, 3.05) is 19.5 Å². The van der Waals surface area contributed by atoms with Gasteiger partial charge < -0.3 is 19.9 Å². The van der Waals surface area contributed by atoms with E-state index in [-0.39, 0.29) is 0 Å². The molecule has 0 aliphatic carbocycles. The lowest BCUT2D eigenvalue weighted by Crippen LogP contribution is -2.44. The molecule has 0 spiro atoms. The highest BCUT2D eigenvalue weighted by atomic mass is 32.2. The molecular weight excluding hydrogens is 286 g/mol. The van der Waals surface area contributed by atoms with Crippen LogP contribution in [0.3, 0.4) is 0 Å². The molecule has 1 atom stereocenters. The van der Waals surface area contributed by atoms with Crippen molar-refractivity contribution in [2.24, 2.45) is 0 Å². The third-order valence-corrected chi connectivity index (χ3v) is 2.47. The van der Waals surface area contributed by atoms with E-state index in [1.807, 2.05) is 5.32 Å². The summed E-state index contributed by atoms with van der Waals surface area (Å²) in [6.45, 7) is -0.700. The molecule has 19 heavy (non-hydrogen) atoms. The number of carbonyl (C=O) groups is 3. The van der Waals surface area contributed by atoms with Gasteiger partial charge in [0.25, 0.3) is 10.1 Å². The summed E-state index contributed by atoms with van der Waals surface area (Å²) in [6, 6.07) is -1.53. The maximum atomic E-state index is 11.0. The smallest absolute Gasteiger partial charge is 0.407 e. The molecule has 3 N–H and O–H groups in total. The first kappa shape index (κ1) is 17.1. The molecule has 0 aromatic rings. The second-order valence-corrected chi connectivity index (χ2v) is 4.82. The summed E-state index contributed by atoms with van der Waals surface area (Å²) < 4.78 is 37.7. The summed E-state index contributed by atoms with van der Waals surface area (Å²) in [6.07, 6.45) is -1.66. The molecule has 0 saturated heterocycles. The SMILES string of the molecule is COC(=O)N[C@@H](COC(=O)CCS(=O)(=O)O)C(=O)O. The Hall–Kier alpha value is -1.88. The van der Waals surface area contributed by atoms with E-state index in [1.165, 1.54) is 0 Å². The number of carboxylic acid groups (broad SMARTS) is 1. The summed E-state index contributed by atoms with van der Waals surface area (Å²) in [7, 11) is -3.28. The standard InChI is InChI=1S/C8H13NO9S/c1-17-8(13)9-5(7(11)12)4-18-6(10)2-3-19(14,15)16/h5H,2-4H2,1H3,(H,9,13)(H,11,12)(H,14,15,16)/t5-/m0/s1. The Morgan fingerprint density at radius 1 is 1.32 bits per heavy atom. The van der Waals surface area contributed by atoms with Crippen molar-refractivity contribution in [3.8, 4) is 0 Å². The van der Waals surface area contributed by atoms with Crippen molar-refractivity contribution < 1.29 is 41.9 Å². The molecule has 0 bridgehead atoms. The van der Waals surface area contributed by atoms with Crippen molar-refractivity contribution in [3.05, 3.63) is 0 Å². The molecule has 0 aromatic carbocycles. The summed E-state index contributed by atoms with van der Waals surface area (Å²) in [5.41, 5.74) is 0. The molecule has 0 radical (unpaired) electrons. The van der Waals surface area contributed by atoms with Gasteiger partial charge in [0.15, 0.2) is 6.04 Å². The summed E-state index contributed by atoms with van der Waals surface area (Å²) in [5.74, 6) is -3.34. The van der Waals surface area contributed by atoms with Crippen LogP contribution in [0, 0.1) is 0 Å². The van der Waals surface area contributed by atoms with Crippen LogP contribution >= 0.6 is 0 Å². The topological polar surface area (TPSA) is 156 Å². The van der Waals surface area contributed by atoms with E-state index in [9.17, 15) is 22.8 Å². The normalized spacial score (nSPS) is 12.3. The fraction of sp³-hybridized carbons (Fsp3) is 0.625. The molecule has 1 amide bonds. The molecule has 0 aliphatic rings. The summed E-state index contributed by atoms with van der Waals surface area (Å²) in [5, 5.41) is 10.6. The predicted octanol–water partition coefficient (Wildman–Crippen LogP) is -1.38. The van der Waals surface area contributed by atoms with Crippen LogP contribution in [0.4, 0.5) is 4.79 Å². The van der Waals surface area contributed by atoms with Gasteiger partial charge in [-0.3, -0.25) is 9.35 Å². The third-order valence-electron chi connectivity index (χ3n) is 1.75. The Balaban J connectivity index is 4.22. The highest BCUT2D eigenvalue weighted by molar-refractivity contribution is 7.85. The average Bonchev–Trinajstić information content (AvgIpc) is 2.30. The van der Waals surface area contributed by atoms with Crippen molar-refractivity contribution in [2.45, 2.75) is 12.5 Å². The van der Waals surface area contributed by atoms with Crippen LogP contribution in [-0.4, -0.2) is 61.6 Å². The molecule has 0 saturated carbocycles. The Labute approximate surface area is 108 Å². The van der Waals surface area contributed by atoms with Crippen molar-refractivity contribution in [3.63, 3.8) is 0 Å². The minimum Gasteiger partial charge on any atom is -0.480 e. The zero-order chi connectivity index (χ0) is 15.1. The van der Waals surface area contributed by atoms with Crippen LogP contribution < -0.4 is 5.32 Å². The van der Waals surface area contributed by atoms with Crippen molar-refractivity contribution in [1.82, 2.24) is 5.32 Å². The second-order valence-electron chi connectivity index (χ2n) is 3.25. The molecule has 110 valence electrons. The maximum absolute atomic E-state index is 11.0. The zero-order valence-electron chi connectivity index (χ0n) is 9.86. The number of amides is 1. The van der Waals surface area contributed by atoms with Crippen LogP contribution in [0.2, 0.25) is 0 Å². The number of aliphatic carboxylic acids is 1. The highest BCUT2D eigenvalue weighted by Crippen LogP contribution is 1.95. The molecule has 0 aliphatic heterocycles. The third kappa shape index (κ3) is 8.79. The van der Waals surface area contributed by atoms with Gasteiger partial charge in [-0.05, 0) is 0 Å². The fourth-order valence-corrected chi connectivity index (χ4v) is 1.26. The van der Waals surface area contributed by atoms with Crippen LogP contribution in [0.25, 0.3) is 0 Å². The van der Waals surface area contributed by atoms with Crippen molar-refractivity contribution >= 4 is 28.1 Å². The summed E-state index contributed by atoms with van der Waals surface area (Å²) >= 11 is 0. The first-order valence-corrected chi connectivity index (χ1v) is 6.44. The van der Waals surface area contributed by atoms with Gasteiger partial charge >= 0.3 is 18.0 Å². The lowest BCUT2D eigenvalue weighted by Gasteiger charge is -2.13.